The molecule has 2 aromatic carbocycles. The molecule has 0 bridgehead atoms. The monoisotopic (exact) mass is 472 g/mol. The van der Waals surface area contributed by atoms with Gasteiger partial charge in [-0.15, -0.1) is 0 Å². The van der Waals surface area contributed by atoms with E-state index in [-0.39, 0.29) is 27.1 Å². The smallest absolute Gasteiger partial charge is 0.262 e. The SMILES string of the molecule is CNS(=O)(=O)c1ccc2nc(NC(=O)C(C(C)C)N3C(=O)c4ccccc4C3=O)sc2c1. The highest BCUT2D eigenvalue weighted by Gasteiger charge is 2.44. The van der Waals surface area contributed by atoms with Crippen LogP contribution in [-0.2, 0) is 14.8 Å². The fraction of sp³-hybridized carbons (Fsp3) is 0.238. The van der Waals surface area contributed by atoms with Gasteiger partial charge in [0.2, 0.25) is 15.9 Å². The zero-order valence-electron chi connectivity index (χ0n) is 17.4. The summed E-state index contributed by atoms with van der Waals surface area (Å²) >= 11 is 1.10. The van der Waals surface area contributed by atoms with Gasteiger partial charge in [-0.05, 0) is 43.3 Å². The summed E-state index contributed by atoms with van der Waals surface area (Å²) in [5, 5.41) is 2.93. The van der Waals surface area contributed by atoms with Crippen LogP contribution in [0.25, 0.3) is 10.2 Å². The maximum Gasteiger partial charge on any atom is 0.262 e. The Kier molecular flexibility index (Phi) is 5.57. The molecule has 1 aliphatic heterocycles. The van der Waals surface area contributed by atoms with Crippen molar-refractivity contribution in [3.05, 3.63) is 53.6 Å². The highest BCUT2D eigenvalue weighted by Crippen LogP contribution is 2.31. The summed E-state index contributed by atoms with van der Waals surface area (Å²) in [7, 11) is -2.30. The second-order valence-electron chi connectivity index (χ2n) is 7.56. The number of carbonyl (C=O) groups excluding carboxylic acids is 3. The predicted molar refractivity (Wildman–Crippen MR) is 120 cm³/mol. The molecule has 3 aromatic rings. The van der Waals surface area contributed by atoms with Crippen LogP contribution in [0.4, 0.5) is 5.13 Å². The maximum absolute atomic E-state index is 13.1. The van der Waals surface area contributed by atoms with Crippen LogP contribution < -0.4 is 10.0 Å². The van der Waals surface area contributed by atoms with Crippen LogP contribution in [0.2, 0.25) is 0 Å². The molecule has 1 aliphatic rings. The molecule has 166 valence electrons. The number of nitrogens with one attached hydrogen (secondary N) is 2. The summed E-state index contributed by atoms with van der Waals surface area (Å²) in [4.78, 5) is 44.3. The van der Waals surface area contributed by atoms with Crippen LogP contribution in [0.15, 0.2) is 47.4 Å². The molecule has 1 unspecified atom stereocenters. The van der Waals surface area contributed by atoms with Crippen LogP contribution in [0.5, 0.6) is 0 Å². The molecule has 1 atom stereocenters. The Morgan fingerprint density at radius 1 is 1.06 bits per heavy atom. The number of sulfonamides is 1. The van der Waals surface area contributed by atoms with Crippen molar-refractivity contribution in [1.29, 1.82) is 0 Å². The van der Waals surface area contributed by atoms with E-state index in [2.05, 4.69) is 15.0 Å². The Bertz CT molecular complexity index is 1330. The van der Waals surface area contributed by atoms with E-state index in [1.807, 2.05) is 0 Å². The molecule has 0 aliphatic carbocycles. The van der Waals surface area contributed by atoms with Crippen LogP contribution in [-0.4, -0.2) is 49.1 Å². The molecule has 2 N–H and O–H groups in total. The lowest BCUT2D eigenvalue weighted by atomic mass is 10.0. The number of amides is 3. The number of thiazole rings is 1. The third kappa shape index (κ3) is 3.68. The summed E-state index contributed by atoms with van der Waals surface area (Å²) in [6, 6.07) is 9.88. The first-order valence-electron chi connectivity index (χ1n) is 9.76. The van der Waals surface area contributed by atoms with Gasteiger partial charge in [0.05, 0.1) is 26.2 Å². The third-order valence-electron chi connectivity index (χ3n) is 5.17. The predicted octanol–water partition coefficient (Wildman–Crippen LogP) is 2.46. The van der Waals surface area contributed by atoms with Crippen LogP contribution in [0, 0.1) is 5.92 Å². The topological polar surface area (TPSA) is 126 Å². The van der Waals surface area contributed by atoms with Gasteiger partial charge in [-0.3, -0.25) is 19.3 Å². The van der Waals surface area contributed by atoms with E-state index >= 15 is 0 Å². The Hall–Kier alpha value is -3.15. The maximum atomic E-state index is 13.1. The van der Waals surface area contributed by atoms with Crippen LogP contribution >= 0.6 is 11.3 Å². The van der Waals surface area contributed by atoms with Gasteiger partial charge in [-0.25, -0.2) is 18.1 Å². The van der Waals surface area contributed by atoms with Gasteiger partial charge in [0, 0.05) is 0 Å². The number of aromatic nitrogens is 1. The Balaban J connectivity index is 1.62. The van der Waals surface area contributed by atoms with Gasteiger partial charge < -0.3 is 5.32 Å². The van der Waals surface area contributed by atoms with E-state index in [0.29, 0.717) is 10.2 Å². The standard InChI is InChI=1S/C21H20N4O5S2/c1-11(2)17(25-19(27)13-6-4-5-7-14(13)20(25)28)18(26)24-21-23-15-9-8-12(10-16(15)31-21)32(29,30)22-3/h4-11,17,22H,1-3H3,(H,23,24,26). The van der Waals surface area contributed by atoms with Crippen molar-refractivity contribution < 1.29 is 22.8 Å². The van der Waals surface area contributed by atoms with E-state index in [0.717, 1.165) is 16.2 Å². The van der Waals surface area contributed by atoms with E-state index in [1.165, 1.54) is 19.2 Å². The fourth-order valence-corrected chi connectivity index (χ4v) is 5.34. The van der Waals surface area contributed by atoms with E-state index in [4.69, 9.17) is 0 Å². The molecule has 4 rings (SSSR count). The highest BCUT2D eigenvalue weighted by atomic mass is 32.2. The normalized spacial score (nSPS) is 14.8. The van der Waals surface area contributed by atoms with Crippen molar-refractivity contribution in [2.24, 2.45) is 5.92 Å². The second kappa shape index (κ2) is 8.08. The van der Waals surface area contributed by atoms with Crippen molar-refractivity contribution in [2.75, 3.05) is 12.4 Å². The largest absolute Gasteiger partial charge is 0.300 e. The van der Waals surface area contributed by atoms with Gasteiger partial charge in [0.25, 0.3) is 11.8 Å². The molecule has 0 fully saturated rings. The zero-order valence-corrected chi connectivity index (χ0v) is 19.1. The zero-order chi connectivity index (χ0) is 23.2. The minimum Gasteiger partial charge on any atom is -0.300 e. The molecule has 3 amide bonds. The van der Waals surface area contributed by atoms with Crippen LogP contribution in [0.3, 0.4) is 0 Å². The van der Waals surface area contributed by atoms with Gasteiger partial charge in [0.1, 0.15) is 6.04 Å². The summed E-state index contributed by atoms with van der Waals surface area (Å²) in [5.74, 6) is -1.91. The first-order chi connectivity index (χ1) is 15.1. The second-order valence-corrected chi connectivity index (χ2v) is 10.5. The molecule has 2 heterocycles. The number of rotatable bonds is 6. The van der Waals surface area contributed by atoms with Crippen molar-refractivity contribution >= 4 is 54.4 Å². The Labute approximate surface area is 188 Å². The molecule has 0 saturated heterocycles. The number of anilines is 1. The number of nitrogens with zero attached hydrogens (tertiary/aromatic N) is 2. The molecule has 32 heavy (non-hydrogen) atoms. The third-order valence-corrected chi connectivity index (χ3v) is 7.52. The van der Waals surface area contributed by atoms with Crippen LogP contribution in [0.1, 0.15) is 34.6 Å². The van der Waals surface area contributed by atoms with Gasteiger partial charge in [0.15, 0.2) is 5.13 Å². The van der Waals surface area contributed by atoms with Crippen molar-refractivity contribution in [1.82, 2.24) is 14.6 Å². The summed E-state index contributed by atoms with van der Waals surface area (Å²) in [6.07, 6.45) is 0. The number of imide groups is 1. The molecule has 9 nitrogen and oxygen atoms in total. The quantitative estimate of drug-likeness (QED) is 0.531. The van der Waals surface area contributed by atoms with Gasteiger partial charge in [-0.2, -0.15) is 0 Å². The first kappa shape index (κ1) is 22.1. The number of fused-ring (bicyclic) bond motifs is 2. The van der Waals surface area contributed by atoms with E-state index in [9.17, 15) is 22.8 Å². The molecule has 0 radical (unpaired) electrons. The minimum atomic E-state index is -3.62. The number of hydrogen-bond donors (Lipinski definition) is 2. The Morgan fingerprint density at radius 3 is 2.25 bits per heavy atom. The lowest BCUT2D eigenvalue weighted by Crippen LogP contribution is -2.50. The lowest BCUT2D eigenvalue weighted by molar-refractivity contribution is -0.121. The molecule has 0 spiro atoms. The summed E-state index contributed by atoms with van der Waals surface area (Å²) in [5.41, 5.74) is 1.06. The molecule has 11 heteroatoms. The first-order valence-corrected chi connectivity index (χ1v) is 12.1. The number of benzene rings is 2. The summed E-state index contributed by atoms with van der Waals surface area (Å²) < 4.78 is 26.9. The number of carbonyl (C=O) groups is 3. The van der Waals surface area contributed by atoms with Crippen molar-refractivity contribution in [2.45, 2.75) is 24.8 Å². The van der Waals surface area contributed by atoms with Gasteiger partial charge >= 0.3 is 0 Å². The van der Waals surface area contributed by atoms with E-state index in [1.54, 1.807) is 44.2 Å². The van der Waals surface area contributed by atoms with Crippen molar-refractivity contribution in [3.63, 3.8) is 0 Å². The highest BCUT2D eigenvalue weighted by molar-refractivity contribution is 7.89. The Morgan fingerprint density at radius 2 is 1.69 bits per heavy atom. The van der Waals surface area contributed by atoms with Crippen molar-refractivity contribution in [3.8, 4) is 0 Å². The average Bonchev–Trinajstić information content (AvgIpc) is 3.27. The average molecular weight is 473 g/mol. The molecular weight excluding hydrogens is 452 g/mol. The minimum absolute atomic E-state index is 0.0834. The fourth-order valence-electron chi connectivity index (χ4n) is 3.60. The molecular formula is C21H20N4O5S2. The molecule has 1 aromatic heterocycles. The number of hydrogen-bond acceptors (Lipinski definition) is 7. The molecule has 0 saturated carbocycles. The van der Waals surface area contributed by atoms with E-state index < -0.39 is 33.8 Å². The lowest BCUT2D eigenvalue weighted by Gasteiger charge is -2.27. The van der Waals surface area contributed by atoms with Gasteiger partial charge in [-0.1, -0.05) is 37.3 Å². The summed E-state index contributed by atoms with van der Waals surface area (Å²) in [6.45, 7) is 3.50.